The van der Waals surface area contributed by atoms with Gasteiger partial charge in [0, 0.05) is 24.9 Å². The fraction of sp³-hybridized carbons (Fsp3) is 0.458. The van der Waals surface area contributed by atoms with E-state index in [1.807, 2.05) is 38.2 Å². The zero-order valence-corrected chi connectivity index (χ0v) is 18.0. The Hall–Kier alpha value is -2.93. The number of benzene rings is 1. The highest BCUT2D eigenvalue weighted by Gasteiger charge is 2.25. The molecule has 1 aliphatic carbocycles. The lowest BCUT2D eigenvalue weighted by molar-refractivity contribution is 0.0688. The molecule has 31 heavy (non-hydrogen) atoms. The van der Waals surface area contributed by atoms with Crippen molar-refractivity contribution < 1.29 is 19.4 Å². The summed E-state index contributed by atoms with van der Waals surface area (Å²) in [5.74, 6) is 0.460. The highest BCUT2D eigenvalue weighted by atomic mass is 16.5. The van der Waals surface area contributed by atoms with E-state index in [-0.39, 0.29) is 17.5 Å². The van der Waals surface area contributed by atoms with E-state index in [1.165, 1.54) is 5.56 Å². The fourth-order valence-corrected chi connectivity index (χ4v) is 4.12. The first-order valence-electron chi connectivity index (χ1n) is 10.9. The average molecular weight is 424 g/mol. The van der Waals surface area contributed by atoms with Gasteiger partial charge in [-0.25, -0.2) is 9.78 Å². The van der Waals surface area contributed by atoms with Gasteiger partial charge in [-0.1, -0.05) is 30.3 Å². The molecule has 2 heterocycles. The van der Waals surface area contributed by atoms with Crippen molar-refractivity contribution in [3.63, 3.8) is 0 Å². The smallest absolute Gasteiger partial charge is 0.342 e. The Morgan fingerprint density at radius 1 is 1.13 bits per heavy atom. The molecule has 1 fully saturated rings. The number of imidazole rings is 1. The van der Waals surface area contributed by atoms with Gasteiger partial charge in [-0.05, 0) is 51.0 Å². The molecular weight excluding hydrogens is 394 g/mol. The number of hydrogen-bond donors (Lipinski definition) is 1. The Morgan fingerprint density at radius 3 is 2.55 bits per heavy atom. The van der Waals surface area contributed by atoms with E-state index < -0.39 is 5.97 Å². The van der Waals surface area contributed by atoms with Crippen molar-refractivity contribution in [3.8, 4) is 5.88 Å². The van der Waals surface area contributed by atoms with Gasteiger partial charge >= 0.3 is 5.97 Å². The van der Waals surface area contributed by atoms with Gasteiger partial charge in [0.05, 0.1) is 18.4 Å². The highest BCUT2D eigenvalue weighted by Crippen LogP contribution is 2.35. The summed E-state index contributed by atoms with van der Waals surface area (Å²) in [6, 6.07) is 10.2. The number of rotatable bonds is 8. The monoisotopic (exact) mass is 423 g/mol. The molecule has 164 valence electrons. The molecule has 0 bridgehead atoms. The zero-order valence-electron chi connectivity index (χ0n) is 18.0. The molecule has 4 rings (SSSR count). The van der Waals surface area contributed by atoms with Crippen LogP contribution in [-0.2, 0) is 11.3 Å². The second-order valence-electron chi connectivity index (χ2n) is 8.52. The maximum absolute atomic E-state index is 11.6. The molecule has 0 unspecified atom stereocenters. The summed E-state index contributed by atoms with van der Waals surface area (Å²) in [5, 5.41) is 9.50. The third kappa shape index (κ3) is 5.22. The minimum Gasteiger partial charge on any atom is -0.477 e. The van der Waals surface area contributed by atoms with Crippen molar-refractivity contribution in [3.05, 3.63) is 59.5 Å². The van der Waals surface area contributed by atoms with Crippen LogP contribution < -0.4 is 4.74 Å². The van der Waals surface area contributed by atoms with Crippen molar-refractivity contribution in [2.24, 2.45) is 5.92 Å². The largest absolute Gasteiger partial charge is 0.477 e. The first-order chi connectivity index (χ1) is 15.0. The fourth-order valence-electron chi connectivity index (χ4n) is 4.12. The van der Waals surface area contributed by atoms with Crippen molar-refractivity contribution >= 4 is 11.7 Å². The number of aromatic nitrogens is 3. The minimum atomic E-state index is -1.06. The van der Waals surface area contributed by atoms with Gasteiger partial charge < -0.3 is 14.6 Å². The number of hydrogen-bond acceptors (Lipinski definition) is 5. The number of aromatic carboxylic acids is 1. The Balaban J connectivity index is 1.37. The third-order valence-corrected chi connectivity index (χ3v) is 5.74. The first-order valence-corrected chi connectivity index (χ1v) is 10.9. The number of carboxylic acid groups (broad SMARTS) is 1. The van der Waals surface area contributed by atoms with Crippen molar-refractivity contribution in [2.45, 2.75) is 58.2 Å². The summed E-state index contributed by atoms with van der Waals surface area (Å²) in [6.45, 7) is 5.13. The van der Waals surface area contributed by atoms with Crippen LogP contribution in [0.5, 0.6) is 5.88 Å². The molecule has 7 nitrogen and oxygen atoms in total. The summed E-state index contributed by atoms with van der Waals surface area (Å²) in [4.78, 5) is 20.6. The van der Waals surface area contributed by atoms with Crippen LogP contribution in [0.2, 0.25) is 0 Å². The van der Waals surface area contributed by atoms with Gasteiger partial charge in [0.1, 0.15) is 5.56 Å². The van der Waals surface area contributed by atoms with Crippen LogP contribution in [0.3, 0.4) is 0 Å². The van der Waals surface area contributed by atoms with E-state index in [0.29, 0.717) is 24.2 Å². The van der Waals surface area contributed by atoms with Crippen LogP contribution in [0.1, 0.15) is 67.1 Å². The van der Waals surface area contributed by atoms with Gasteiger partial charge in [-0.15, -0.1) is 0 Å². The summed E-state index contributed by atoms with van der Waals surface area (Å²) in [7, 11) is 0. The first kappa shape index (κ1) is 21.3. The molecule has 1 aromatic carbocycles. The number of ether oxygens (including phenoxy) is 2. The molecule has 0 amide bonds. The van der Waals surface area contributed by atoms with Gasteiger partial charge in [0.15, 0.2) is 0 Å². The normalized spacial score (nSPS) is 19.1. The van der Waals surface area contributed by atoms with Crippen LogP contribution in [-0.4, -0.2) is 38.2 Å². The van der Waals surface area contributed by atoms with E-state index in [4.69, 9.17) is 9.47 Å². The molecule has 1 aliphatic rings. The predicted octanol–water partition coefficient (Wildman–Crippen LogP) is 4.71. The second kappa shape index (κ2) is 9.47. The Bertz CT molecular complexity index is 1020. The summed E-state index contributed by atoms with van der Waals surface area (Å²) in [6.07, 6.45) is 7.58. The van der Waals surface area contributed by atoms with Gasteiger partial charge in [0.25, 0.3) is 0 Å². The predicted molar refractivity (Wildman–Crippen MR) is 117 cm³/mol. The molecule has 3 aromatic rings. The van der Waals surface area contributed by atoms with E-state index in [9.17, 15) is 9.90 Å². The number of carbonyl (C=O) groups is 1. The maximum Gasteiger partial charge on any atom is 0.342 e. The van der Waals surface area contributed by atoms with Crippen LogP contribution in [0.4, 0.5) is 0 Å². The summed E-state index contributed by atoms with van der Waals surface area (Å²) in [5.41, 5.74) is 2.22. The SMILES string of the molecule is CC(C)Oc1nc2nc(C3CCC(COCc4ccccc4)CC3)cn2cc1C(=O)O. The van der Waals surface area contributed by atoms with Crippen molar-refractivity contribution in [1.82, 2.24) is 14.4 Å². The van der Waals surface area contributed by atoms with Gasteiger partial charge in [-0.3, -0.25) is 4.40 Å². The molecule has 0 radical (unpaired) electrons. The van der Waals surface area contributed by atoms with Gasteiger partial charge in [0.2, 0.25) is 11.7 Å². The standard InChI is InChI=1S/C24H29N3O4/c1-16(2)31-22-20(23(28)29)12-27-13-21(25-24(27)26-22)19-10-8-18(9-11-19)15-30-14-17-6-4-3-5-7-17/h3-7,12-13,16,18-19H,8-11,14-15H2,1-2H3,(H,28,29). The second-order valence-corrected chi connectivity index (χ2v) is 8.52. The van der Waals surface area contributed by atoms with E-state index in [1.54, 1.807) is 10.6 Å². The molecule has 7 heteroatoms. The minimum absolute atomic E-state index is 0.0458. The average Bonchev–Trinajstić information content (AvgIpc) is 3.17. The summed E-state index contributed by atoms with van der Waals surface area (Å²) < 4.78 is 13.2. The molecule has 0 spiro atoms. The third-order valence-electron chi connectivity index (χ3n) is 5.74. The molecule has 1 saturated carbocycles. The molecule has 0 aliphatic heterocycles. The molecule has 1 N–H and O–H groups in total. The molecule has 0 saturated heterocycles. The Kier molecular flexibility index (Phi) is 6.51. The lowest BCUT2D eigenvalue weighted by Gasteiger charge is -2.27. The van der Waals surface area contributed by atoms with Crippen LogP contribution in [0.15, 0.2) is 42.7 Å². The van der Waals surface area contributed by atoms with Crippen molar-refractivity contribution in [2.75, 3.05) is 6.61 Å². The van der Waals surface area contributed by atoms with Crippen LogP contribution >= 0.6 is 0 Å². The lowest BCUT2D eigenvalue weighted by Crippen LogP contribution is -2.18. The Labute approximate surface area is 182 Å². The van der Waals surface area contributed by atoms with E-state index in [2.05, 4.69) is 22.1 Å². The molecule has 0 atom stereocenters. The van der Waals surface area contributed by atoms with Gasteiger partial charge in [-0.2, -0.15) is 4.98 Å². The molecular formula is C24H29N3O4. The maximum atomic E-state index is 11.6. The zero-order chi connectivity index (χ0) is 21.8. The topological polar surface area (TPSA) is 86.0 Å². The number of nitrogens with zero attached hydrogens (tertiary/aromatic N) is 3. The highest BCUT2D eigenvalue weighted by molar-refractivity contribution is 5.90. The summed E-state index contributed by atoms with van der Waals surface area (Å²) >= 11 is 0. The number of carboxylic acids is 1. The van der Waals surface area contributed by atoms with Crippen molar-refractivity contribution in [1.29, 1.82) is 0 Å². The Morgan fingerprint density at radius 2 is 1.87 bits per heavy atom. The van der Waals surface area contributed by atoms with Crippen LogP contribution in [0.25, 0.3) is 5.78 Å². The number of fused-ring (bicyclic) bond motifs is 1. The molecule has 2 aromatic heterocycles. The van der Waals surface area contributed by atoms with E-state index >= 15 is 0 Å². The van der Waals surface area contributed by atoms with E-state index in [0.717, 1.165) is 38.0 Å². The lowest BCUT2D eigenvalue weighted by atomic mass is 9.81. The van der Waals surface area contributed by atoms with Crippen LogP contribution in [0, 0.1) is 5.92 Å². The quantitative estimate of drug-likeness (QED) is 0.565.